The molecule has 3 nitrogen and oxygen atoms in total. The van der Waals surface area contributed by atoms with Gasteiger partial charge in [-0.05, 0) is 31.6 Å². The minimum Gasteiger partial charge on any atom is -0.348 e. The van der Waals surface area contributed by atoms with Crippen molar-refractivity contribution in [1.82, 2.24) is 10.3 Å². The van der Waals surface area contributed by atoms with Crippen molar-refractivity contribution in [1.29, 1.82) is 0 Å². The van der Waals surface area contributed by atoms with E-state index >= 15 is 0 Å². The molecular weight excluding hydrogens is 278 g/mol. The van der Waals surface area contributed by atoms with Crippen molar-refractivity contribution < 1.29 is 0 Å². The topological polar surface area (TPSA) is 28.2 Å². The summed E-state index contributed by atoms with van der Waals surface area (Å²) in [5.41, 5.74) is 1.31. The molecule has 0 unspecified atom stereocenters. The molecule has 1 aromatic heterocycles. The molecule has 2 fully saturated rings. The summed E-state index contributed by atoms with van der Waals surface area (Å²) in [5, 5.41) is 4.89. The molecule has 1 aromatic rings. The third kappa shape index (κ3) is 3.78. The fourth-order valence-electron chi connectivity index (χ4n) is 3.23. The molecule has 118 valence electrons. The lowest BCUT2D eigenvalue weighted by Crippen LogP contribution is -2.33. The van der Waals surface area contributed by atoms with E-state index in [1.165, 1.54) is 60.6 Å². The minimum atomic E-state index is 0.519. The predicted molar refractivity (Wildman–Crippen MR) is 91.3 cm³/mol. The van der Waals surface area contributed by atoms with E-state index in [1.54, 1.807) is 0 Å². The maximum absolute atomic E-state index is 4.99. The highest BCUT2D eigenvalue weighted by molar-refractivity contribution is 7.15. The lowest BCUT2D eigenvalue weighted by atomic mass is 9.95. The number of nitrogens with zero attached hydrogens (tertiary/aromatic N) is 2. The number of thiazole rings is 1. The first-order chi connectivity index (χ1) is 10.1. The lowest BCUT2D eigenvalue weighted by molar-refractivity contribution is 0.427. The van der Waals surface area contributed by atoms with Gasteiger partial charge in [0.1, 0.15) is 0 Å². The lowest BCUT2D eigenvalue weighted by Gasteiger charge is -2.30. The number of nitrogens with one attached hydrogen (secondary N) is 1. The van der Waals surface area contributed by atoms with Gasteiger partial charge in [-0.2, -0.15) is 0 Å². The molecule has 0 amide bonds. The van der Waals surface area contributed by atoms with E-state index < -0.39 is 0 Å². The fraction of sp³-hybridized carbons (Fsp3) is 0.824. The first-order valence-corrected chi connectivity index (χ1v) is 9.42. The number of hydrogen-bond donors (Lipinski definition) is 1. The molecule has 0 radical (unpaired) electrons. The normalized spacial score (nSPS) is 20.2. The van der Waals surface area contributed by atoms with Crippen LogP contribution in [0.25, 0.3) is 0 Å². The van der Waals surface area contributed by atoms with E-state index in [-0.39, 0.29) is 0 Å². The van der Waals surface area contributed by atoms with Crippen LogP contribution in [0.1, 0.15) is 75.3 Å². The monoisotopic (exact) mass is 307 g/mol. The molecule has 2 saturated carbocycles. The van der Waals surface area contributed by atoms with Crippen molar-refractivity contribution in [2.45, 2.75) is 83.3 Å². The van der Waals surface area contributed by atoms with Gasteiger partial charge < -0.3 is 10.2 Å². The van der Waals surface area contributed by atoms with E-state index in [4.69, 9.17) is 4.98 Å². The van der Waals surface area contributed by atoms with Crippen LogP contribution >= 0.6 is 11.3 Å². The van der Waals surface area contributed by atoms with Gasteiger partial charge in [0.25, 0.3) is 0 Å². The molecule has 0 atom stereocenters. The molecule has 0 aliphatic heterocycles. The van der Waals surface area contributed by atoms with E-state index in [0.717, 1.165) is 12.6 Å². The van der Waals surface area contributed by atoms with Crippen molar-refractivity contribution in [3.63, 3.8) is 0 Å². The second-order valence-corrected chi connectivity index (χ2v) is 8.08. The fourth-order valence-corrected chi connectivity index (χ4v) is 4.43. The highest BCUT2D eigenvalue weighted by Gasteiger charge is 2.25. The summed E-state index contributed by atoms with van der Waals surface area (Å²) in [5.74, 6) is 0.519. The Balaban J connectivity index is 1.72. The van der Waals surface area contributed by atoms with E-state index in [1.807, 2.05) is 11.3 Å². The molecule has 0 aromatic carbocycles. The second-order valence-electron chi connectivity index (χ2n) is 7.02. The number of anilines is 1. The average molecular weight is 308 g/mol. The summed E-state index contributed by atoms with van der Waals surface area (Å²) >= 11 is 1.91. The Morgan fingerprint density at radius 3 is 2.52 bits per heavy atom. The maximum atomic E-state index is 4.99. The highest BCUT2D eigenvalue weighted by atomic mass is 32.1. The molecule has 2 aliphatic rings. The van der Waals surface area contributed by atoms with Gasteiger partial charge in [0.15, 0.2) is 5.13 Å². The molecule has 1 N–H and O–H groups in total. The Hall–Kier alpha value is -0.610. The third-order valence-corrected chi connectivity index (χ3v) is 5.98. The standard InChI is InChI=1S/C17H29N3S/c1-12(2)16-15(11-18-13-9-10-13)21-17(19-16)20(3)14-7-5-4-6-8-14/h12-14,18H,4-11H2,1-3H3. The van der Waals surface area contributed by atoms with Crippen molar-refractivity contribution >= 4 is 16.5 Å². The van der Waals surface area contributed by atoms with Gasteiger partial charge in [0.2, 0.25) is 0 Å². The van der Waals surface area contributed by atoms with Gasteiger partial charge in [0.05, 0.1) is 5.69 Å². The highest BCUT2D eigenvalue weighted by Crippen LogP contribution is 2.34. The Morgan fingerprint density at radius 1 is 1.19 bits per heavy atom. The van der Waals surface area contributed by atoms with Crippen molar-refractivity contribution in [3.8, 4) is 0 Å². The summed E-state index contributed by atoms with van der Waals surface area (Å²) in [4.78, 5) is 8.90. The molecule has 0 saturated heterocycles. The van der Waals surface area contributed by atoms with Crippen LogP contribution in [0.4, 0.5) is 5.13 Å². The minimum absolute atomic E-state index is 0.519. The quantitative estimate of drug-likeness (QED) is 0.850. The van der Waals surface area contributed by atoms with Gasteiger partial charge in [-0.3, -0.25) is 0 Å². The largest absolute Gasteiger partial charge is 0.348 e. The molecule has 4 heteroatoms. The van der Waals surface area contributed by atoms with Crippen LogP contribution in [0, 0.1) is 0 Å². The van der Waals surface area contributed by atoms with Crippen LogP contribution in [0.2, 0.25) is 0 Å². The van der Waals surface area contributed by atoms with Crippen LogP contribution in [-0.2, 0) is 6.54 Å². The zero-order valence-corrected chi connectivity index (χ0v) is 14.5. The molecule has 2 aliphatic carbocycles. The molecule has 3 rings (SSSR count). The first-order valence-electron chi connectivity index (χ1n) is 8.61. The zero-order chi connectivity index (χ0) is 14.8. The van der Waals surface area contributed by atoms with Crippen LogP contribution in [0.15, 0.2) is 0 Å². The average Bonchev–Trinajstić information content (AvgIpc) is 3.23. The molecule has 0 bridgehead atoms. The summed E-state index contributed by atoms with van der Waals surface area (Å²) in [6.45, 7) is 5.54. The van der Waals surface area contributed by atoms with Crippen LogP contribution in [0.5, 0.6) is 0 Å². The SMILES string of the molecule is CC(C)c1nc(N(C)C2CCCCC2)sc1CNC1CC1. The third-order valence-electron chi connectivity index (χ3n) is 4.82. The summed E-state index contributed by atoms with van der Waals surface area (Å²) in [6, 6.07) is 1.47. The first kappa shape index (κ1) is 15.3. The zero-order valence-electron chi connectivity index (χ0n) is 13.7. The Labute approximate surface area is 133 Å². The molecular formula is C17H29N3S. The predicted octanol–water partition coefficient (Wildman–Crippen LogP) is 4.29. The summed E-state index contributed by atoms with van der Waals surface area (Å²) in [6.07, 6.45) is 9.55. The summed E-state index contributed by atoms with van der Waals surface area (Å²) < 4.78 is 0. The van der Waals surface area contributed by atoms with Crippen LogP contribution in [0.3, 0.4) is 0 Å². The number of aromatic nitrogens is 1. The van der Waals surface area contributed by atoms with E-state index in [2.05, 4.69) is 31.1 Å². The molecule has 21 heavy (non-hydrogen) atoms. The van der Waals surface area contributed by atoms with Gasteiger partial charge in [-0.1, -0.05) is 33.1 Å². The smallest absolute Gasteiger partial charge is 0.185 e. The van der Waals surface area contributed by atoms with Crippen LogP contribution < -0.4 is 10.2 Å². The van der Waals surface area contributed by atoms with Crippen molar-refractivity contribution in [3.05, 3.63) is 10.6 Å². The Bertz CT molecular complexity index is 459. The maximum Gasteiger partial charge on any atom is 0.185 e. The van der Waals surface area contributed by atoms with Gasteiger partial charge >= 0.3 is 0 Å². The number of rotatable bonds is 6. The van der Waals surface area contributed by atoms with E-state index in [0.29, 0.717) is 12.0 Å². The van der Waals surface area contributed by atoms with Gasteiger partial charge in [-0.25, -0.2) is 4.98 Å². The van der Waals surface area contributed by atoms with Gasteiger partial charge in [-0.15, -0.1) is 11.3 Å². The number of hydrogen-bond acceptors (Lipinski definition) is 4. The van der Waals surface area contributed by atoms with Crippen molar-refractivity contribution in [2.24, 2.45) is 0 Å². The van der Waals surface area contributed by atoms with E-state index in [9.17, 15) is 0 Å². The van der Waals surface area contributed by atoms with Crippen molar-refractivity contribution in [2.75, 3.05) is 11.9 Å². The molecule has 1 heterocycles. The summed E-state index contributed by atoms with van der Waals surface area (Å²) in [7, 11) is 2.25. The Morgan fingerprint density at radius 2 is 1.90 bits per heavy atom. The second kappa shape index (κ2) is 6.66. The Kier molecular flexibility index (Phi) is 4.85. The van der Waals surface area contributed by atoms with Gasteiger partial charge in [0, 0.05) is 30.6 Å². The molecule has 0 spiro atoms. The van der Waals surface area contributed by atoms with Crippen LogP contribution in [-0.4, -0.2) is 24.1 Å².